The highest BCUT2D eigenvalue weighted by atomic mass is 19.3. The third-order valence-corrected chi connectivity index (χ3v) is 5.00. The molecule has 3 aromatic rings. The van der Waals surface area contributed by atoms with Gasteiger partial charge < -0.3 is 15.3 Å². The minimum Gasteiger partial charge on any atom is -0.497 e. The van der Waals surface area contributed by atoms with Crippen LogP contribution in [0.2, 0.25) is 0 Å². The van der Waals surface area contributed by atoms with E-state index in [9.17, 15) is 8.78 Å². The molecule has 0 saturated carbocycles. The molecule has 0 aliphatic carbocycles. The van der Waals surface area contributed by atoms with Crippen LogP contribution in [0.25, 0.3) is 0 Å². The van der Waals surface area contributed by atoms with Crippen molar-refractivity contribution in [3.63, 3.8) is 0 Å². The first-order valence-electron chi connectivity index (χ1n) is 10.0. The summed E-state index contributed by atoms with van der Waals surface area (Å²) in [6.45, 7) is -0.412. The van der Waals surface area contributed by atoms with E-state index < -0.39 is 41.3 Å². The SMILES string of the molecule is COc1cccc(COc2ccc(C(F)(F)C(CN(N)/C=N\N)c3ccc(F)cc3F)nc2)c1. The number of hydrazone groups is 1. The number of rotatable bonds is 10. The van der Waals surface area contributed by atoms with Gasteiger partial charge in [0, 0.05) is 12.6 Å². The minimum atomic E-state index is -3.69. The second-order valence-corrected chi connectivity index (χ2v) is 7.32. The molecule has 11 heteroatoms. The van der Waals surface area contributed by atoms with Crippen molar-refractivity contribution >= 4 is 6.34 Å². The first-order chi connectivity index (χ1) is 16.2. The highest BCUT2D eigenvalue weighted by molar-refractivity contribution is 5.53. The monoisotopic (exact) mass is 477 g/mol. The summed E-state index contributed by atoms with van der Waals surface area (Å²) in [6, 6.07) is 12.0. The van der Waals surface area contributed by atoms with Gasteiger partial charge in [0.1, 0.15) is 41.8 Å². The average Bonchev–Trinajstić information content (AvgIpc) is 2.82. The van der Waals surface area contributed by atoms with Gasteiger partial charge in [0.05, 0.1) is 19.2 Å². The van der Waals surface area contributed by atoms with Crippen molar-refractivity contribution in [1.82, 2.24) is 9.99 Å². The van der Waals surface area contributed by atoms with Gasteiger partial charge in [0.15, 0.2) is 0 Å². The zero-order valence-electron chi connectivity index (χ0n) is 18.2. The molecule has 4 N–H and O–H groups in total. The second-order valence-electron chi connectivity index (χ2n) is 7.32. The van der Waals surface area contributed by atoms with Gasteiger partial charge in [-0.1, -0.05) is 18.2 Å². The van der Waals surface area contributed by atoms with Gasteiger partial charge in [0.2, 0.25) is 0 Å². The van der Waals surface area contributed by atoms with E-state index in [1.807, 2.05) is 6.07 Å². The van der Waals surface area contributed by atoms with Crippen molar-refractivity contribution in [3.8, 4) is 11.5 Å². The summed E-state index contributed by atoms with van der Waals surface area (Å²) >= 11 is 0. The molecule has 34 heavy (non-hydrogen) atoms. The molecule has 0 aliphatic heterocycles. The maximum absolute atomic E-state index is 15.5. The second kappa shape index (κ2) is 10.8. The summed E-state index contributed by atoms with van der Waals surface area (Å²) in [4.78, 5) is 3.83. The number of halogens is 4. The molecular formula is C23H23F4N5O2. The lowest BCUT2D eigenvalue weighted by atomic mass is 9.89. The van der Waals surface area contributed by atoms with Crippen LogP contribution in [0.5, 0.6) is 11.5 Å². The molecule has 1 heterocycles. The normalized spacial score (nSPS) is 12.5. The Morgan fingerprint density at radius 1 is 1.12 bits per heavy atom. The van der Waals surface area contributed by atoms with Crippen LogP contribution in [0.4, 0.5) is 17.6 Å². The molecule has 0 saturated heterocycles. The van der Waals surface area contributed by atoms with Crippen molar-refractivity contribution in [2.24, 2.45) is 16.8 Å². The number of ether oxygens (including phenoxy) is 2. The molecule has 0 bridgehead atoms. The Labute approximate surface area is 193 Å². The smallest absolute Gasteiger partial charge is 0.298 e. The van der Waals surface area contributed by atoms with E-state index in [1.54, 1.807) is 25.3 Å². The van der Waals surface area contributed by atoms with Gasteiger partial charge in [-0.3, -0.25) is 9.99 Å². The van der Waals surface area contributed by atoms with Crippen molar-refractivity contribution in [2.45, 2.75) is 18.4 Å². The van der Waals surface area contributed by atoms with Crippen molar-refractivity contribution in [3.05, 3.63) is 89.2 Å². The number of pyridine rings is 1. The third-order valence-electron chi connectivity index (χ3n) is 5.00. The van der Waals surface area contributed by atoms with Gasteiger partial charge >= 0.3 is 0 Å². The van der Waals surface area contributed by atoms with E-state index in [0.29, 0.717) is 11.8 Å². The van der Waals surface area contributed by atoms with E-state index >= 15 is 8.78 Å². The van der Waals surface area contributed by atoms with Gasteiger partial charge in [-0.05, 0) is 41.5 Å². The van der Waals surface area contributed by atoms with Gasteiger partial charge in [-0.25, -0.2) is 14.6 Å². The molecule has 1 atom stereocenters. The van der Waals surface area contributed by atoms with Crippen LogP contribution < -0.4 is 21.2 Å². The molecular weight excluding hydrogens is 454 g/mol. The van der Waals surface area contributed by atoms with E-state index in [2.05, 4.69) is 10.1 Å². The lowest BCUT2D eigenvalue weighted by Crippen LogP contribution is -2.40. The maximum Gasteiger partial charge on any atom is 0.298 e. The predicted octanol–water partition coefficient (Wildman–Crippen LogP) is 3.90. The molecule has 1 unspecified atom stereocenters. The number of hydrogen-bond acceptors (Lipinski definition) is 6. The van der Waals surface area contributed by atoms with Gasteiger partial charge in [-0.15, -0.1) is 0 Å². The number of benzene rings is 2. The maximum atomic E-state index is 15.5. The Kier molecular flexibility index (Phi) is 7.90. The average molecular weight is 477 g/mol. The molecule has 0 radical (unpaired) electrons. The lowest BCUT2D eigenvalue weighted by Gasteiger charge is -2.29. The van der Waals surface area contributed by atoms with Crippen molar-refractivity contribution < 1.29 is 27.0 Å². The quantitative estimate of drug-likeness (QED) is 0.151. The van der Waals surface area contributed by atoms with Gasteiger partial charge in [-0.2, -0.15) is 13.9 Å². The van der Waals surface area contributed by atoms with E-state index in [4.69, 9.17) is 21.2 Å². The Morgan fingerprint density at radius 2 is 1.91 bits per heavy atom. The number of nitrogens with two attached hydrogens (primary N) is 2. The van der Waals surface area contributed by atoms with E-state index in [1.165, 1.54) is 6.07 Å². The molecule has 2 aromatic carbocycles. The highest BCUT2D eigenvalue weighted by Crippen LogP contribution is 2.42. The first kappa shape index (κ1) is 24.8. The van der Waals surface area contributed by atoms with Gasteiger partial charge in [0.25, 0.3) is 5.92 Å². The van der Waals surface area contributed by atoms with Crippen molar-refractivity contribution in [1.29, 1.82) is 0 Å². The number of methoxy groups -OCH3 is 1. The molecule has 180 valence electrons. The summed E-state index contributed by atoms with van der Waals surface area (Å²) in [7, 11) is 1.54. The van der Waals surface area contributed by atoms with Crippen LogP contribution in [0.3, 0.4) is 0 Å². The van der Waals surface area contributed by atoms with E-state index in [-0.39, 0.29) is 12.4 Å². The zero-order chi connectivity index (χ0) is 24.7. The van der Waals surface area contributed by atoms with Crippen LogP contribution in [-0.2, 0) is 12.5 Å². The zero-order valence-corrected chi connectivity index (χ0v) is 18.2. The summed E-state index contributed by atoms with van der Waals surface area (Å²) in [5.41, 5.74) is -0.273. The number of alkyl halides is 2. The molecule has 7 nitrogen and oxygen atoms in total. The van der Waals surface area contributed by atoms with Crippen LogP contribution in [-0.4, -0.2) is 30.0 Å². The Hall–Kier alpha value is -3.86. The fraction of sp³-hybridized carbons (Fsp3) is 0.217. The minimum absolute atomic E-state index is 0.165. The number of nitrogens with zero attached hydrogens (tertiary/aromatic N) is 3. The standard InChI is InChI=1S/C23H23F4N5O2/c1-33-17-4-2-3-15(9-17)13-34-18-6-8-22(30-11-18)23(26,27)20(12-32(29)14-31-28)19-7-5-16(24)10-21(19)25/h2-11,14,20H,12-13,28-29H2,1H3/b31-14-. The largest absolute Gasteiger partial charge is 0.497 e. The molecule has 0 fully saturated rings. The first-order valence-corrected chi connectivity index (χ1v) is 10.0. The van der Waals surface area contributed by atoms with Crippen molar-refractivity contribution in [2.75, 3.05) is 13.7 Å². The third kappa shape index (κ3) is 5.93. The van der Waals surface area contributed by atoms with Crippen LogP contribution >= 0.6 is 0 Å². The molecule has 0 amide bonds. The number of hydrogen-bond donors (Lipinski definition) is 2. The summed E-state index contributed by atoms with van der Waals surface area (Å²) in [5, 5.41) is 3.96. The summed E-state index contributed by atoms with van der Waals surface area (Å²) in [5.74, 6) is 4.02. The predicted molar refractivity (Wildman–Crippen MR) is 118 cm³/mol. The number of aromatic nitrogens is 1. The summed E-state index contributed by atoms with van der Waals surface area (Å²) < 4.78 is 69.6. The Balaban J connectivity index is 1.83. The number of hydrazine groups is 1. The Morgan fingerprint density at radius 3 is 2.56 bits per heavy atom. The van der Waals surface area contributed by atoms with Crippen LogP contribution in [0, 0.1) is 11.6 Å². The lowest BCUT2D eigenvalue weighted by molar-refractivity contribution is -0.0443. The fourth-order valence-electron chi connectivity index (χ4n) is 3.31. The topological polar surface area (TPSA) is 99.0 Å². The van der Waals surface area contributed by atoms with Crippen LogP contribution in [0.1, 0.15) is 22.7 Å². The molecule has 0 spiro atoms. The highest BCUT2D eigenvalue weighted by Gasteiger charge is 2.45. The van der Waals surface area contributed by atoms with E-state index in [0.717, 1.165) is 41.3 Å². The van der Waals surface area contributed by atoms with Crippen LogP contribution in [0.15, 0.2) is 65.9 Å². The molecule has 1 aromatic heterocycles. The molecule has 0 aliphatic rings. The Bertz CT molecular complexity index is 1130. The molecule has 3 rings (SSSR count). The summed E-state index contributed by atoms with van der Waals surface area (Å²) in [6.07, 6.45) is 2.05. The fourth-order valence-corrected chi connectivity index (χ4v) is 3.31.